The van der Waals surface area contributed by atoms with E-state index in [1.807, 2.05) is 0 Å². The Balaban J connectivity index is 2.06. The summed E-state index contributed by atoms with van der Waals surface area (Å²) in [6, 6.07) is 1.53. The van der Waals surface area contributed by atoms with Gasteiger partial charge in [-0.05, 0) is 12.8 Å². The maximum atomic E-state index is 12.0. The van der Waals surface area contributed by atoms with E-state index in [9.17, 15) is 14.9 Å². The summed E-state index contributed by atoms with van der Waals surface area (Å²) in [6.45, 7) is 0. The molecule has 0 atom stereocenters. The predicted molar refractivity (Wildman–Crippen MR) is 66.4 cm³/mol. The maximum absolute atomic E-state index is 12.0. The van der Waals surface area contributed by atoms with Crippen LogP contribution < -0.4 is 5.32 Å². The van der Waals surface area contributed by atoms with Crippen molar-refractivity contribution in [2.45, 2.75) is 38.1 Å². The highest BCUT2D eigenvalue weighted by Gasteiger charge is 2.21. The normalized spacial score (nSPS) is 16.5. The largest absolute Gasteiger partial charge is 0.348 e. The van der Waals surface area contributed by atoms with Crippen LogP contribution in [0.1, 0.15) is 42.6 Å². The molecule has 18 heavy (non-hydrogen) atoms. The van der Waals surface area contributed by atoms with Crippen molar-refractivity contribution in [3.05, 3.63) is 28.1 Å². The van der Waals surface area contributed by atoms with E-state index in [0.717, 1.165) is 25.7 Å². The fraction of sp³-hybridized carbons (Fsp3) is 0.583. The number of carbonyl (C=O) groups is 1. The number of aryl methyl sites for hydroxylation is 1. The minimum atomic E-state index is -0.489. The molecule has 2 rings (SSSR count). The van der Waals surface area contributed by atoms with Crippen LogP contribution in [-0.4, -0.2) is 21.4 Å². The number of amides is 1. The Hall–Kier alpha value is -1.85. The van der Waals surface area contributed by atoms with Crippen LogP contribution in [0.15, 0.2) is 12.3 Å². The lowest BCUT2D eigenvalue weighted by Gasteiger charge is -2.22. The van der Waals surface area contributed by atoms with Gasteiger partial charge in [0, 0.05) is 19.2 Å². The molecule has 0 unspecified atom stereocenters. The average Bonchev–Trinajstić information content (AvgIpc) is 2.73. The van der Waals surface area contributed by atoms with Gasteiger partial charge in [-0.2, -0.15) is 0 Å². The van der Waals surface area contributed by atoms with Gasteiger partial charge in [-0.25, -0.2) is 0 Å². The first-order valence-corrected chi connectivity index (χ1v) is 6.19. The van der Waals surface area contributed by atoms with Crippen LogP contribution in [0.2, 0.25) is 0 Å². The van der Waals surface area contributed by atoms with Crippen molar-refractivity contribution < 1.29 is 9.72 Å². The summed E-state index contributed by atoms with van der Waals surface area (Å²) < 4.78 is 1.50. The first kappa shape index (κ1) is 12.6. The number of nitrogens with one attached hydrogen (secondary N) is 1. The molecule has 1 fully saturated rings. The van der Waals surface area contributed by atoms with E-state index < -0.39 is 4.92 Å². The second-order valence-corrected chi connectivity index (χ2v) is 4.76. The summed E-state index contributed by atoms with van der Waals surface area (Å²) >= 11 is 0. The average molecular weight is 251 g/mol. The van der Waals surface area contributed by atoms with Gasteiger partial charge in [-0.1, -0.05) is 19.3 Å². The summed E-state index contributed by atoms with van der Waals surface area (Å²) in [7, 11) is 1.64. The molecule has 1 N–H and O–H groups in total. The molecule has 0 aliphatic heterocycles. The maximum Gasteiger partial charge on any atom is 0.287 e. The Morgan fingerprint density at radius 2 is 2.11 bits per heavy atom. The third-order valence-corrected chi connectivity index (χ3v) is 3.37. The van der Waals surface area contributed by atoms with Crippen LogP contribution in [0.3, 0.4) is 0 Å². The molecule has 1 aromatic rings. The molecule has 98 valence electrons. The molecule has 0 saturated heterocycles. The van der Waals surface area contributed by atoms with E-state index in [0.29, 0.717) is 5.69 Å². The van der Waals surface area contributed by atoms with Crippen molar-refractivity contribution in [3.8, 4) is 0 Å². The molecule has 1 aliphatic rings. The first-order valence-electron chi connectivity index (χ1n) is 6.19. The quantitative estimate of drug-likeness (QED) is 0.659. The van der Waals surface area contributed by atoms with E-state index in [1.165, 1.54) is 23.3 Å². The van der Waals surface area contributed by atoms with E-state index in [-0.39, 0.29) is 17.6 Å². The molecule has 0 aromatic carbocycles. The molecule has 1 amide bonds. The number of aromatic nitrogens is 1. The van der Waals surface area contributed by atoms with Crippen molar-refractivity contribution in [3.63, 3.8) is 0 Å². The fourth-order valence-electron chi connectivity index (χ4n) is 2.38. The Morgan fingerprint density at radius 1 is 1.44 bits per heavy atom. The third kappa shape index (κ3) is 2.69. The predicted octanol–water partition coefficient (Wildman–Crippen LogP) is 2.00. The lowest BCUT2D eigenvalue weighted by atomic mass is 9.95. The Bertz CT molecular complexity index is 461. The van der Waals surface area contributed by atoms with Gasteiger partial charge < -0.3 is 9.88 Å². The Labute approximate surface area is 105 Å². The molecule has 1 saturated carbocycles. The summed E-state index contributed by atoms with van der Waals surface area (Å²) in [6.07, 6.45) is 6.85. The number of hydrogen-bond donors (Lipinski definition) is 1. The molecule has 0 radical (unpaired) electrons. The number of nitrogens with zero attached hydrogens (tertiary/aromatic N) is 2. The second kappa shape index (κ2) is 5.20. The van der Waals surface area contributed by atoms with Crippen LogP contribution in [0.25, 0.3) is 0 Å². The van der Waals surface area contributed by atoms with Gasteiger partial charge in [0.15, 0.2) is 0 Å². The zero-order valence-electron chi connectivity index (χ0n) is 10.4. The molecule has 0 spiro atoms. The lowest BCUT2D eigenvalue weighted by molar-refractivity contribution is -0.384. The Kier molecular flexibility index (Phi) is 3.64. The monoisotopic (exact) mass is 251 g/mol. The summed E-state index contributed by atoms with van der Waals surface area (Å²) in [5.74, 6) is -0.225. The second-order valence-electron chi connectivity index (χ2n) is 4.76. The van der Waals surface area contributed by atoms with Crippen LogP contribution in [0.5, 0.6) is 0 Å². The minimum Gasteiger partial charge on any atom is -0.348 e. The van der Waals surface area contributed by atoms with E-state index in [1.54, 1.807) is 7.05 Å². The topological polar surface area (TPSA) is 77.2 Å². The number of rotatable bonds is 3. The van der Waals surface area contributed by atoms with Crippen molar-refractivity contribution in [1.82, 2.24) is 9.88 Å². The zero-order chi connectivity index (χ0) is 13.1. The van der Waals surface area contributed by atoms with Gasteiger partial charge in [0.1, 0.15) is 5.69 Å². The molecule has 0 bridgehead atoms. The summed E-state index contributed by atoms with van der Waals surface area (Å²) in [4.78, 5) is 22.2. The first-order chi connectivity index (χ1) is 8.58. The number of hydrogen-bond acceptors (Lipinski definition) is 3. The van der Waals surface area contributed by atoms with Gasteiger partial charge >= 0.3 is 0 Å². The minimum absolute atomic E-state index is 0.0497. The molecular weight excluding hydrogens is 234 g/mol. The van der Waals surface area contributed by atoms with Crippen molar-refractivity contribution in [2.24, 2.45) is 7.05 Å². The van der Waals surface area contributed by atoms with Crippen LogP contribution in [-0.2, 0) is 7.05 Å². The standard InChI is InChI=1S/C12H17N3O3/c1-14-8-10(15(17)18)7-11(14)12(16)13-9-5-3-2-4-6-9/h7-9H,2-6H2,1H3,(H,13,16). The van der Waals surface area contributed by atoms with Gasteiger partial charge in [0.25, 0.3) is 11.6 Å². The molecule has 1 aromatic heterocycles. The van der Waals surface area contributed by atoms with Crippen LogP contribution >= 0.6 is 0 Å². The van der Waals surface area contributed by atoms with Crippen LogP contribution in [0, 0.1) is 10.1 Å². The highest BCUT2D eigenvalue weighted by Crippen LogP contribution is 2.19. The van der Waals surface area contributed by atoms with Crippen molar-refractivity contribution >= 4 is 11.6 Å². The van der Waals surface area contributed by atoms with Crippen molar-refractivity contribution in [1.29, 1.82) is 0 Å². The van der Waals surface area contributed by atoms with Crippen LogP contribution in [0.4, 0.5) is 5.69 Å². The molecule has 6 heteroatoms. The molecule has 1 aliphatic carbocycles. The van der Waals surface area contributed by atoms with Gasteiger partial charge in [-0.15, -0.1) is 0 Å². The van der Waals surface area contributed by atoms with Gasteiger partial charge in [-0.3, -0.25) is 14.9 Å². The molecule has 6 nitrogen and oxygen atoms in total. The van der Waals surface area contributed by atoms with E-state index in [2.05, 4.69) is 5.32 Å². The highest BCUT2D eigenvalue weighted by molar-refractivity contribution is 5.93. The SMILES string of the molecule is Cn1cc([N+](=O)[O-])cc1C(=O)NC1CCCCC1. The third-order valence-electron chi connectivity index (χ3n) is 3.37. The summed E-state index contributed by atoms with van der Waals surface area (Å²) in [5, 5.41) is 13.6. The highest BCUT2D eigenvalue weighted by atomic mass is 16.6. The molecular formula is C12H17N3O3. The fourth-order valence-corrected chi connectivity index (χ4v) is 2.38. The summed E-state index contributed by atoms with van der Waals surface area (Å²) in [5.41, 5.74) is 0.290. The Morgan fingerprint density at radius 3 is 2.67 bits per heavy atom. The van der Waals surface area contributed by atoms with Gasteiger partial charge in [0.05, 0.1) is 11.1 Å². The lowest BCUT2D eigenvalue weighted by Crippen LogP contribution is -2.36. The van der Waals surface area contributed by atoms with E-state index >= 15 is 0 Å². The molecule has 1 heterocycles. The number of carbonyl (C=O) groups excluding carboxylic acids is 1. The van der Waals surface area contributed by atoms with Crippen molar-refractivity contribution in [2.75, 3.05) is 0 Å². The van der Waals surface area contributed by atoms with E-state index in [4.69, 9.17) is 0 Å². The number of nitro groups is 1. The smallest absolute Gasteiger partial charge is 0.287 e. The zero-order valence-corrected chi connectivity index (χ0v) is 10.4. The van der Waals surface area contributed by atoms with Gasteiger partial charge in [0.2, 0.25) is 0 Å².